The molecule has 6 rings (SSSR count). The van der Waals surface area contributed by atoms with Crippen LogP contribution >= 0.6 is 0 Å². The summed E-state index contributed by atoms with van der Waals surface area (Å²) in [5.41, 5.74) is 3.76. The number of methoxy groups -OCH3 is 2. The molecule has 1 spiro atoms. The lowest BCUT2D eigenvalue weighted by atomic mass is 9.77. The summed E-state index contributed by atoms with van der Waals surface area (Å²) in [4.78, 5) is 5.92. The minimum absolute atomic E-state index is 0.0757. The van der Waals surface area contributed by atoms with E-state index in [-0.39, 0.29) is 33.9 Å². The number of nitrogens with one attached hydrogen (secondary N) is 1. The van der Waals surface area contributed by atoms with Gasteiger partial charge in [-0.3, -0.25) is 4.72 Å². The third kappa shape index (κ3) is 3.29. The number of hydrogen-bond donors (Lipinski definition) is 2. The second kappa shape index (κ2) is 7.59. The number of sulfonamides is 1. The van der Waals surface area contributed by atoms with Crippen LogP contribution in [0.15, 0.2) is 39.9 Å². The number of rotatable bonds is 6. The van der Waals surface area contributed by atoms with Gasteiger partial charge in [0, 0.05) is 47.6 Å². The Hall–Kier alpha value is -3.31. The smallest absolute Gasteiger partial charge is 0.272 e. The van der Waals surface area contributed by atoms with Gasteiger partial charge in [-0.15, -0.1) is 0 Å². The van der Waals surface area contributed by atoms with Crippen LogP contribution in [-0.2, 0) is 21.9 Å². The third-order valence-corrected chi connectivity index (χ3v) is 8.87. The van der Waals surface area contributed by atoms with Crippen LogP contribution in [0.2, 0.25) is 0 Å². The van der Waals surface area contributed by atoms with Crippen molar-refractivity contribution in [2.24, 2.45) is 5.92 Å². The number of anilines is 2. The minimum Gasteiger partial charge on any atom is -0.495 e. The maximum atomic E-state index is 13.4. The lowest BCUT2D eigenvalue weighted by Gasteiger charge is -2.38. The van der Waals surface area contributed by atoms with Gasteiger partial charge in [0.05, 0.1) is 20.3 Å². The summed E-state index contributed by atoms with van der Waals surface area (Å²) in [6.45, 7) is 3.38. The van der Waals surface area contributed by atoms with Crippen molar-refractivity contribution in [2.45, 2.75) is 36.2 Å². The molecule has 0 bridgehead atoms. The summed E-state index contributed by atoms with van der Waals surface area (Å²) in [5.74, 6) is 1.20. The summed E-state index contributed by atoms with van der Waals surface area (Å²) < 4.78 is 45.7. The number of pyridine rings is 1. The maximum Gasteiger partial charge on any atom is 0.272 e. The van der Waals surface area contributed by atoms with E-state index in [4.69, 9.17) is 14.0 Å². The predicted octanol–water partition coefficient (Wildman–Crippen LogP) is 2.57. The molecule has 3 heterocycles. The first-order valence-electron chi connectivity index (χ1n) is 11.4. The van der Waals surface area contributed by atoms with Crippen molar-refractivity contribution < 1.29 is 27.5 Å². The molecule has 2 fully saturated rings. The Bertz CT molecular complexity index is 1410. The van der Waals surface area contributed by atoms with E-state index in [9.17, 15) is 13.5 Å². The first-order chi connectivity index (χ1) is 16.8. The highest BCUT2D eigenvalue weighted by Gasteiger charge is 2.56. The number of nitrogens with zero attached hydrogens (tertiary/aromatic N) is 3. The van der Waals surface area contributed by atoms with Gasteiger partial charge in [0.25, 0.3) is 10.0 Å². The van der Waals surface area contributed by atoms with E-state index in [1.165, 1.54) is 32.0 Å². The Morgan fingerprint density at radius 2 is 2.00 bits per heavy atom. The fourth-order valence-electron chi connectivity index (χ4n) is 5.45. The average Bonchev–Trinajstić information content (AvgIpc) is 3.30. The first kappa shape index (κ1) is 22.2. The highest BCUT2D eigenvalue weighted by Crippen LogP contribution is 2.62. The van der Waals surface area contributed by atoms with Crippen molar-refractivity contribution in [3.05, 3.63) is 41.6 Å². The van der Waals surface area contributed by atoms with Gasteiger partial charge in [0.15, 0.2) is 16.5 Å². The number of aromatic nitrogens is 2. The lowest BCUT2D eigenvalue weighted by molar-refractivity contribution is 0.142. The number of β-amino-alcohol motifs (C(OH)–C–C–N with tert-alkyl or cyclic N) is 1. The van der Waals surface area contributed by atoms with Crippen LogP contribution in [0, 0.1) is 5.92 Å². The van der Waals surface area contributed by atoms with E-state index in [0.717, 1.165) is 23.2 Å². The molecule has 10 nitrogen and oxygen atoms in total. The van der Waals surface area contributed by atoms with Crippen molar-refractivity contribution in [3.63, 3.8) is 0 Å². The zero-order chi connectivity index (χ0) is 24.5. The molecule has 2 aliphatic carbocycles. The summed E-state index contributed by atoms with van der Waals surface area (Å²) in [6, 6.07) is 7.74. The minimum atomic E-state index is -4.15. The van der Waals surface area contributed by atoms with Crippen molar-refractivity contribution in [1.29, 1.82) is 0 Å². The fourth-order valence-corrected chi connectivity index (χ4v) is 6.75. The third-order valence-electron chi connectivity index (χ3n) is 7.49. The van der Waals surface area contributed by atoms with E-state index in [0.29, 0.717) is 31.2 Å². The van der Waals surface area contributed by atoms with Crippen molar-refractivity contribution >= 4 is 21.5 Å². The monoisotopic (exact) mass is 498 g/mol. The van der Waals surface area contributed by atoms with Crippen molar-refractivity contribution in [1.82, 2.24) is 10.1 Å². The van der Waals surface area contributed by atoms with E-state index < -0.39 is 10.0 Å². The standard InChI is InChI=1S/C24H26N4O6S/c1-13-9-24(13)10-17-20(16-8-14(4-5-18(16)24)28-11-15(29)12-28)34-26-22(17)27-35(30,31)21-19(32-2)6-7-25-23(21)33-3/h4-8,13,15,29H,9-12H2,1-3H3,(H,26,27). The van der Waals surface area contributed by atoms with Gasteiger partial charge < -0.3 is 24.0 Å². The second-order valence-corrected chi connectivity index (χ2v) is 11.1. The summed E-state index contributed by atoms with van der Waals surface area (Å²) >= 11 is 0. The molecule has 35 heavy (non-hydrogen) atoms. The van der Waals surface area contributed by atoms with Crippen LogP contribution in [0.1, 0.15) is 24.5 Å². The molecule has 11 heteroatoms. The van der Waals surface area contributed by atoms with Crippen LogP contribution < -0.4 is 19.1 Å². The van der Waals surface area contributed by atoms with Gasteiger partial charge in [-0.2, -0.15) is 0 Å². The lowest BCUT2D eigenvalue weighted by Crippen LogP contribution is -2.50. The summed E-state index contributed by atoms with van der Waals surface area (Å²) in [7, 11) is -1.42. The fraction of sp³-hybridized carbons (Fsp3) is 0.417. The second-order valence-electron chi connectivity index (χ2n) is 9.52. The Labute approximate surface area is 202 Å². The van der Waals surface area contributed by atoms with Gasteiger partial charge in [-0.25, -0.2) is 13.4 Å². The molecule has 2 aromatic heterocycles. The summed E-state index contributed by atoms with van der Waals surface area (Å²) in [6.07, 6.45) is 2.73. The van der Waals surface area contributed by atoms with Crippen LogP contribution in [0.5, 0.6) is 11.6 Å². The Balaban J connectivity index is 1.42. The molecule has 2 unspecified atom stereocenters. The van der Waals surface area contributed by atoms with Gasteiger partial charge in [-0.1, -0.05) is 18.1 Å². The number of aliphatic hydroxyl groups excluding tert-OH is 1. The van der Waals surface area contributed by atoms with Crippen LogP contribution in [-0.4, -0.2) is 57.1 Å². The first-order valence-corrected chi connectivity index (χ1v) is 12.9. The van der Waals surface area contributed by atoms with E-state index in [1.807, 2.05) is 0 Å². The molecule has 1 aromatic carbocycles. The SMILES string of the molecule is COc1ccnc(OC)c1S(=O)(=O)Nc1noc2c1CC1(CC1C)c1ccc(N3CC(O)C3)cc1-2. The van der Waals surface area contributed by atoms with Crippen LogP contribution in [0.25, 0.3) is 11.3 Å². The van der Waals surface area contributed by atoms with Crippen LogP contribution in [0.3, 0.4) is 0 Å². The zero-order valence-corrected chi connectivity index (χ0v) is 20.4. The molecule has 184 valence electrons. The molecule has 1 aliphatic heterocycles. The molecular weight excluding hydrogens is 472 g/mol. The Morgan fingerprint density at radius 3 is 2.66 bits per heavy atom. The zero-order valence-electron chi connectivity index (χ0n) is 19.6. The largest absolute Gasteiger partial charge is 0.495 e. The topological polar surface area (TPSA) is 127 Å². The average molecular weight is 499 g/mol. The molecule has 2 N–H and O–H groups in total. The molecule has 1 saturated heterocycles. The van der Waals surface area contributed by atoms with Gasteiger partial charge in [-0.05, 0) is 36.5 Å². The number of ether oxygens (including phenoxy) is 2. The van der Waals surface area contributed by atoms with Crippen molar-refractivity contribution in [3.8, 4) is 23.0 Å². The number of fused-ring (bicyclic) bond motifs is 4. The van der Waals surface area contributed by atoms with Gasteiger partial charge in [0.1, 0.15) is 5.75 Å². The number of aliphatic hydroxyl groups is 1. The highest BCUT2D eigenvalue weighted by molar-refractivity contribution is 7.93. The van der Waals surface area contributed by atoms with Crippen molar-refractivity contribution in [2.75, 3.05) is 36.9 Å². The number of benzene rings is 1. The van der Waals surface area contributed by atoms with E-state index in [2.05, 4.69) is 44.9 Å². The molecule has 1 saturated carbocycles. The highest BCUT2D eigenvalue weighted by atomic mass is 32.2. The van der Waals surface area contributed by atoms with Crippen LogP contribution in [0.4, 0.5) is 11.5 Å². The Kier molecular flexibility index (Phi) is 4.81. The number of hydrogen-bond acceptors (Lipinski definition) is 9. The molecule has 3 aliphatic rings. The normalized spacial score (nSPS) is 22.9. The Morgan fingerprint density at radius 1 is 1.23 bits per heavy atom. The maximum absolute atomic E-state index is 13.4. The molecule has 0 radical (unpaired) electrons. The molecular formula is C24H26N4O6S. The summed E-state index contributed by atoms with van der Waals surface area (Å²) in [5, 5.41) is 13.9. The predicted molar refractivity (Wildman–Crippen MR) is 127 cm³/mol. The van der Waals surface area contributed by atoms with E-state index >= 15 is 0 Å². The van der Waals surface area contributed by atoms with Gasteiger partial charge >= 0.3 is 0 Å². The van der Waals surface area contributed by atoms with E-state index in [1.54, 1.807) is 0 Å². The molecule has 0 amide bonds. The quantitative estimate of drug-likeness (QED) is 0.527. The molecule has 2 atom stereocenters. The molecule has 3 aromatic rings. The van der Waals surface area contributed by atoms with Gasteiger partial charge in [0.2, 0.25) is 5.88 Å².